The van der Waals surface area contributed by atoms with Gasteiger partial charge in [-0.15, -0.1) is 0 Å². The fraction of sp³-hybridized carbons (Fsp3) is 0.0476. The summed E-state index contributed by atoms with van der Waals surface area (Å²) in [4.78, 5) is 36.9. The quantitative estimate of drug-likeness (QED) is 0.0427. The van der Waals surface area contributed by atoms with Crippen molar-refractivity contribution in [2.24, 2.45) is 5.10 Å². The molecule has 0 radical (unpaired) electrons. The summed E-state index contributed by atoms with van der Waals surface area (Å²) in [7, 11) is -10.5. The number of carbonyl (C=O) groups is 2. The number of amides is 1. The first-order valence-electron chi connectivity index (χ1n) is 11.2. The fourth-order valence-electron chi connectivity index (χ4n) is 3.88. The topological polar surface area (TPSA) is 305 Å². The van der Waals surface area contributed by atoms with E-state index in [9.17, 15) is 55.9 Å². The van der Waals surface area contributed by atoms with Crippen LogP contribution in [0.3, 0.4) is 0 Å². The molecule has 240 valence electrons. The number of aromatic nitrogens is 2. The van der Waals surface area contributed by atoms with Crippen molar-refractivity contribution in [2.45, 2.75) is 26.5 Å². The van der Waals surface area contributed by atoms with Gasteiger partial charge in [0.05, 0.1) is 56.4 Å². The summed E-state index contributed by atoms with van der Waals surface area (Å²) < 4.78 is 80.3. The van der Waals surface area contributed by atoms with Gasteiger partial charge in [0.15, 0.2) is 5.71 Å². The van der Waals surface area contributed by atoms with E-state index in [0.29, 0.717) is 16.7 Å². The Hall–Kier alpha value is 2.63. The molecule has 1 aliphatic heterocycles. The van der Waals surface area contributed by atoms with Crippen LogP contribution in [0, 0.1) is 6.92 Å². The van der Waals surface area contributed by atoms with Gasteiger partial charge in [-0.25, -0.2) is 26.3 Å². The number of aliphatic carboxylic acids is 1. The molecule has 0 bridgehead atoms. The van der Waals surface area contributed by atoms with Gasteiger partial charge in [0.2, 0.25) is 0 Å². The molecule has 0 fully saturated rings. The second-order valence-electron chi connectivity index (χ2n) is 8.33. The molecule has 0 saturated carbocycles. The summed E-state index contributed by atoms with van der Waals surface area (Å²) in [6.07, 6.45) is 0.747. The van der Waals surface area contributed by atoms with Gasteiger partial charge in [-0.2, -0.15) is 18.8 Å². The van der Waals surface area contributed by atoms with Gasteiger partial charge in [0.1, 0.15) is 20.2 Å². The zero-order chi connectivity index (χ0) is 33.3. The van der Waals surface area contributed by atoms with Crippen LogP contribution >= 0.6 is 24.1 Å². The first-order valence-corrected chi connectivity index (χ1v) is 15.5. The number of hydrazone groups is 1. The summed E-state index contributed by atoms with van der Waals surface area (Å²) in [5.41, 5.74) is -4.74. The molecule has 1 aliphatic rings. The van der Waals surface area contributed by atoms with Crippen molar-refractivity contribution in [3.8, 4) is 5.69 Å². The minimum Gasteiger partial charge on any atom is -0.744 e. The summed E-state index contributed by atoms with van der Waals surface area (Å²) in [5, 5.41) is 42.9. The molecule has 0 spiro atoms. The summed E-state index contributed by atoms with van der Waals surface area (Å²) >= 11 is 0.544. The van der Waals surface area contributed by atoms with Gasteiger partial charge in [-0.05, 0) is 49.4 Å². The van der Waals surface area contributed by atoms with Crippen molar-refractivity contribution in [1.82, 2.24) is 9.78 Å². The molecule has 0 unspecified atom stereocenters. The number of carboxylic acids is 1. The van der Waals surface area contributed by atoms with E-state index in [1.54, 1.807) is 0 Å². The van der Waals surface area contributed by atoms with Gasteiger partial charge < -0.3 is 24.7 Å². The number of aromatic amines is 1. The third-order valence-corrected chi connectivity index (χ3v) is 8.58. The summed E-state index contributed by atoms with van der Waals surface area (Å²) in [6.45, 7) is 1.26. The maximum absolute atomic E-state index is 13.4. The maximum Gasteiger partial charge on any atom is 1.00 e. The SMILES string of the molecule is Cc1[nH]n(-c2cc(SOO[O-])ccc2S(=O)(=O)[O-])c(=O)c1C=C1C(=O)N(c2cc(SOO[O-])ccc2S(=O)(=O)[O-])N=C1C(=O)O.[K+].[K+].[K+].[K+]. The molecule has 0 atom stereocenters. The van der Waals surface area contributed by atoms with Gasteiger partial charge in [0, 0.05) is 15.5 Å². The molecule has 2 heterocycles. The summed E-state index contributed by atoms with van der Waals surface area (Å²) in [6, 6.07) is 5.43. The van der Waals surface area contributed by atoms with E-state index < -0.39 is 75.7 Å². The Balaban J connectivity index is 0.00000576. The molecule has 2 N–H and O–H groups in total. The van der Waals surface area contributed by atoms with Gasteiger partial charge in [-0.3, -0.25) is 24.8 Å². The number of carboxylic acid groups (broad SMARTS) is 1. The average Bonchev–Trinajstić information content (AvgIpc) is 3.44. The van der Waals surface area contributed by atoms with Gasteiger partial charge >= 0.3 is 212 Å². The number of nitrogens with one attached hydrogen (secondary N) is 1. The molecule has 49 heavy (non-hydrogen) atoms. The Labute approximate surface area is 454 Å². The smallest absolute Gasteiger partial charge is 0.744 e. The van der Waals surface area contributed by atoms with Crippen LogP contribution in [0.15, 0.2) is 71.4 Å². The van der Waals surface area contributed by atoms with Crippen LogP contribution in [0.5, 0.6) is 0 Å². The van der Waals surface area contributed by atoms with Crippen molar-refractivity contribution in [2.75, 3.05) is 5.01 Å². The molecule has 20 nitrogen and oxygen atoms in total. The van der Waals surface area contributed by atoms with Crippen LogP contribution in [-0.4, -0.2) is 58.4 Å². The van der Waals surface area contributed by atoms with Gasteiger partial charge in [0.25, 0.3) is 11.5 Å². The van der Waals surface area contributed by atoms with Crippen LogP contribution in [0.1, 0.15) is 11.3 Å². The van der Waals surface area contributed by atoms with Crippen LogP contribution in [-0.2, 0) is 48.6 Å². The van der Waals surface area contributed by atoms with Crippen molar-refractivity contribution in [3.05, 3.63) is 63.6 Å². The van der Waals surface area contributed by atoms with E-state index >= 15 is 0 Å². The zero-order valence-corrected chi connectivity index (χ0v) is 41.3. The first kappa shape index (κ1) is 51.6. The van der Waals surface area contributed by atoms with Gasteiger partial charge in [-0.1, -0.05) is 0 Å². The fourth-order valence-corrected chi connectivity index (χ4v) is 5.93. The molecule has 2 aromatic carbocycles. The van der Waals surface area contributed by atoms with Crippen molar-refractivity contribution in [1.29, 1.82) is 0 Å². The molecular weight excluding hydrogens is 849 g/mol. The number of anilines is 1. The molecule has 4 rings (SSSR count). The number of rotatable bonds is 12. The Kier molecular flexibility index (Phi) is 23.6. The summed E-state index contributed by atoms with van der Waals surface area (Å²) in [5.74, 6) is -3.15. The Bertz CT molecular complexity index is 2050. The van der Waals surface area contributed by atoms with E-state index in [1.807, 2.05) is 0 Å². The van der Waals surface area contributed by atoms with Crippen LogP contribution < -0.4 is 227 Å². The number of hydrogen-bond acceptors (Lipinski definition) is 18. The molecule has 3 aromatic rings. The minimum atomic E-state index is -5.30. The number of H-pyrrole nitrogens is 1. The maximum atomic E-state index is 13.4. The van der Waals surface area contributed by atoms with E-state index in [2.05, 4.69) is 28.9 Å². The monoisotopic (exact) mass is 860 g/mol. The number of benzene rings is 2. The van der Waals surface area contributed by atoms with Crippen molar-refractivity contribution in [3.63, 3.8) is 0 Å². The molecule has 0 saturated heterocycles. The molecule has 1 aromatic heterocycles. The van der Waals surface area contributed by atoms with E-state index in [-0.39, 0.29) is 238 Å². The van der Waals surface area contributed by atoms with Crippen molar-refractivity contribution >= 4 is 73.7 Å². The Morgan fingerprint density at radius 3 is 1.80 bits per heavy atom. The molecule has 1 amide bonds. The second-order valence-corrected chi connectivity index (χ2v) is 12.6. The molecule has 0 aliphatic carbocycles. The number of aryl methyl sites for hydroxylation is 1. The third kappa shape index (κ3) is 12.8. The van der Waals surface area contributed by atoms with E-state index in [1.165, 1.54) is 6.92 Å². The van der Waals surface area contributed by atoms with Crippen molar-refractivity contribution < 1.29 is 275 Å². The molecular formula is C21H12K4N4O16S4. The zero-order valence-electron chi connectivity index (χ0n) is 25.6. The Morgan fingerprint density at radius 1 is 0.878 bits per heavy atom. The predicted molar refractivity (Wildman–Crippen MR) is 140 cm³/mol. The number of hydrogen-bond donors (Lipinski definition) is 2. The molecule has 28 heteroatoms. The van der Waals surface area contributed by atoms with E-state index in [0.717, 1.165) is 42.5 Å². The standard InChI is InChI=1S/C21H16N4O16S4.4K/c1-9-12(19(26)24(22-9)14-6-10(42-40-38-30)2-4-16(14)44(32,33)34)8-13-18(21(28)29)23-25(20(13)27)15-7-11(43-41-39-31)3-5-17(15)45(35,36)37;;;;/h2-8,22,30-31H,1H3,(H,28,29)(H,32,33,34)(H,35,36,37);;;;/q;4*+1/p-4. The number of nitrogens with zero attached hydrogens (tertiary/aromatic N) is 3. The largest absolute Gasteiger partial charge is 1.00 e. The number of carbonyl (C=O) groups excluding carboxylic acids is 1. The normalized spacial score (nSPS) is 13.6. The Morgan fingerprint density at radius 2 is 1.35 bits per heavy atom. The minimum absolute atomic E-state index is 0. The van der Waals surface area contributed by atoms with E-state index in [4.69, 9.17) is 0 Å². The average molecular weight is 861 g/mol. The van der Waals surface area contributed by atoms with Crippen LogP contribution in [0.25, 0.3) is 11.8 Å². The third-order valence-electron chi connectivity index (χ3n) is 5.67. The first-order chi connectivity index (χ1) is 21.1. The van der Waals surface area contributed by atoms with Crippen LogP contribution in [0.2, 0.25) is 0 Å². The van der Waals surface area contributed by atoms with Crippen LogP contribution in [0.4, 0.5) is 5.69 Å². The predicted octanol–water partition coefficient (Wildman–Crippen LogP) is -13.4. The second kappa shape index (κ2) is 22.4.